The molecule has 24 heavy (non-hydrogen) atoms. The minimum absolute atomic E-state index is 0.160. The predicted molar refractivity (Wildman–Crippen MR) is 93.4 cm³/mol. The quantitative estimate of drug-likeness (QED) is 0.916. The van der Waals surface area contributed by atoms with Gasteiger partial charge in [-0.1, -0.05) is 30.3 Å². The van der Waals surface area contributed by atoms with Gasteiger partial charge in [0.2, 0.25) is 0 Å². The molecule has 5 nitrogen and oxygen atoms in total. The van der Waals surface area contributed by atoms with Crippen molar-refractivity contribution in [3.63, 3.8) is 0 Å². The molecule has 0 radical (unpaired) electrons. The van der Waals surface area contributed by atoms with E-state index in [1.807, 2.05) is 42.5 Å². The fraction of sp³-hybridized carbons (Fsp3) is 0.316. The Bertz CT molecular complexity index is 675. The number of methoxy groups -OCH3 is 1. The Labute approximate surface area is 142 Å². The molecule has 1 aliphatic rings. The van der Waals surface area contributed by atoms with Crippen LogP contribution in [0.25, 0.3) is 0 Å². The Hall–Kier alpha value is -2.69. The van der Waals surface area contributed by atoms with E-state index in [1.165, 1.54) is 17.6 Å². The molecule has 5 heteroatoms. The number of carbonyl (C=O) groups is 1. The van der Waals surface area contributed by atoms with Gasteiger partial charge in [-0.25, -0.2) is 4.79 Å². The number of carbonyl (C=O) groups excluding carboxylic acids is 1. The molecule has 1 N–H and O–H groups in total. The lowest BCUT2D eigenvalue weighted by Crippen LogP contribution is -2.26. The maximum Gasteiger partial charge on any atom is 0.409 e. The molecule has 1 heterocycles. The van der Waals surface area contributed by atoms with Crippen molar-refractivity contribution in [2.24, 2.45) is 0 Å². The first-order chi connectivity index (χ1) is 11.7. The highest BCUT2D eigenvalue weighted by atomic mass is 16.5. The van der Waals surface area contributed by atoms with Crippen LogP contribution in [0, 0.1) is 0 Å². The second-order valence-corrected chi connectivity index (χ2v) is 5.96. The van der Waals surface area contributed by atoms with Gasteiger partial charge in [0, 0.05) is 25.7 Å². The molecule has 0 unspecified atom stereocenters. The van der Waals surface area contributed by atoms with Crippen molar-refractivity contribution in [2.75, 3.05) is 26.0 Å². The lowest BCUT2D eigenvalue weighted by atomic mass is 10.1. The Kier molecular flexibility index (Phi) is 4.89. The van der Waals surface area contributed by atoms with Gasteiger partial charge in [0.15, 0.2) is 0 Å². The van der Waals surface area contributed by atoms with E-state index in [0.29, 0.717) is 6.54 Å². The van der Waals surface area contributed by atoms with Gasteiger partial charge in [0.25, 0.3) is 0 Å². The van der Waals surface area contributed by atoms with Crippen LogP contribution in [0.3, 0.4) is 0 Å². The van der Waals surface area contributed by atoms with Crippen LogP contribution >= 0.6 is 0 Å². The number of rotatable bonds is 5. The Morgan fingerprint density at radius 1 is 1.25 bits per heavy atom. The van der Waals surface area contributed by atoms with Crippen LogP contribution in [-0.2, 0) is 17.7 Å². The number of para-hydroxylation sites is 1. The summed E-state index contributed by atoms with van der Waals surface area (Å²) in [7, 11) is 3.10. The lowest BCUT2D eigenvalue weighted by Gasteiger charge is -2.16. The molecule has 0 fully saturated rings. The normalized spacial score (nSPS) is 15.3. The SMILES string of the molecule is COC(=O)N(C)Cc1ccc(NC[C@H]2Cc3ccccc3O2)cc1. The summed E-state index contributed by atoms with van der Waals surface area (Å²) < 4.78 is 10.6. The average Bonchev–Trinajstić information content (AvgIpc) is 3.03. The van der Waals surface area contributed by atoms with Gasteiger partial charge in [0.05, 0.1) is 13.7 Å². The van der Waals surface area contributed by atoms with Crippen LogP contribution in [0.15, 0.2) is 48.5 Å². The molecule has 0 bridgehead atoms. The molecule has 1 amide bonds. The third-order valence-electron chi connectivity index (χ3n) is 4.11. The molecular weight excluding hydrogens is 304 g/mol. The first-order valence-corrected chi connectivity index (χ1v) is 8.02. The molecule has 0 saturated heterocycles. The number of hydrogen-bond acceptors (Lipinski definition) is 4. The van der Waals surface area contributed by atoms with Gasteiger partial charge in [-0.15, -0.1) is 0 Å². The van der Waals surface area contributed by atoms with Gasteiger partial charge < -0.3 is 19.7 Å². The second-order valence-electron chi connectivity index (χ2n) is 5.96. The van der Waals surface area contributed by atoms with Crippen molar-refractivity contribution in [3.05, 3.63) is 59.7 Å². The minimum Gasteiger partial charge on any atom is -0.488 e. The number of benzene rings is 2. The summed E-state index contributed by atoms with van der Waals surface area (Å²) >= 11 is 0. The van der Waals surface area contributed by atoms with Crippen LogP contribution in [0.4, 0.5) is 10.5 Å². The number of nitrogens with zero attached hydrogens (tertiary/aromatic N) is 1. The number of nitrogens with one attached hydrogen (secondary N) is 1. The molecule has 3 rings (SSSR count). The first-order valence-electron chi connectivity index (χ1n) is 8.02. The van der Waals surface area contributed by atoms with Crippen LogP contribution in [0.2, 0.25) is 0 Å². The second kappa shape index (κ2) is 7.25. The van der Waals surface area contributed by atoms with Gasteiger partial charge in [-0.05, 0) is 29.3 Å². The monoisotopic (exact) mass is 326 g/mol. The van der Waals surface area contributed by atoms with E-state index in [-0.39, 0.29) is 12.2 Å². The largest absolute Gasteiger partial charge is 0.488 e. The molecule has 126 valence electrons. The summed E-state index contributed by atoms with van der Waals surface area (Å²) in [5, 5.41) is 3.41. The lowest BCUT2D eigenvalue weighted by molar-refractivity contribution is 0.131. The maximum absolute atomic E-state index is 11.4. The number of ether oxygens (including phenoxy) is 2. The number of hydrogen-bond donors (Lipinski definition) is 1. The standard InChI is InChI=1S/C19H22N2O3/c1-21(19(22)23-2)13-14-7-9-16(10-8-14)20-12-17-11-15-5-3-4-6-18(15)24-17/h3-10,17,20H,11-13H2,1-2H3/t17-/m1/s1. The zero-order valence-corrected chi connectivity index (χ0v) is 14.0. The summed E-state index contributed by atoms with van der Waals surface area (Å²) in [6.07, 6.45) is 0.758. The average molecular weight is 326 g/mol. The highest BCUT2D eigenvalue weighted by molar-refractivity contribution is 5.67. The fourth-order valence-electron chi connectivity index (χ4n) is 2.82. The van der Waals surface area contributed by atoms with Gasteiger partial charge >= 0.3 is 6.09 Å². The molecular formula is C19H22N2O3. The summed E-state index contributed by atoms with van der Waals surface area (Å²) in [6.45, 7) is 1.28. The highest BCUT2D eigenvalue weighted by Crippen LogP contribution is 2.28. The van der Waals surface area contributed by atoms with E-state index in [4.69, 9.17) is 9.47 Å². The molecule has 1 atom stereocenters. The van der Waals surface area contributed by atoms with Crippen molar-refractivity contribution in [2.45, 2.75) is 19.1 Å². The topological polar surface area (TPSA) is 50.8 Å². The smallest absolute Gasteiger partial charge is 0.409 e. The van der Waals surface area contributed by atoms with Gasteiger partial charge in [-0.2, -0.15) is 0 Å². The minimum atomic E-state index is -0.338. The number of fused-ring (bicyclic) bond motifs is 1. The van der Waals surface area contributed by atoms with E-state index in [2.05, 4.69) is 11.4 Å². The van der Waals surface area contributed by atoms with E-state index in [1.54, 1.807) is 7.05 Å². The molecule has 0 saturated carbocycles. The molecule has 1 aliphatic heterocycles. The summed E-state index contributed by atoms with van der Waals surface area (Å²) in [5.74, 6) is 0.991. The van der Waals surface area contributed by atoms with Crippen molar-refractivity contribution in [3.8, 4) is 5.75 Å². The third kappa shape index (κ3) is 3.79. The van der Waals surface area contributed by atoms with Crippen LogP contribution in [-0.4, -0.2) is 37.8 Å². The van der Waals surface area contributed by atoms with Crippen molar-refractivity contribution < 1.29 is 14.3 Å². The van der Waals surface area contributed by atoms with Gasteiger partial charge in [-0.3, -0.25) is 0 Å². The van der Waals surface area contributed by atoms with E-state index in [9.17, 15) is 4.79 Å². The van der Waals surface area contributed by atoms with Gasteiger partial charge in [0.1, 0.15) is 11.9 Å². The molecule has 0 aromatic heterocycles. The van der Waals surface area contributed by atoms with Crippen LogP contribution < -0.4 is 10.1 Å². The molecule has 0 aliphatic carbocycles. The summed E-state index contributed by atoms with van der Waals surface area (Å²) in [4.78, 5) is 12.9. The van der Waals surface area contributed by atoms with Crippen LogP contribution in [0.1, 0.15) is 11.1 Å². The van der Waals surface area contributed by atoms with E-state index in [0.717, 1.165) is 30.0 Å². The summed E-state index contributed by atoms with van der Waals surface area (Å²) in [5.41, 5.74) is 3.36. The van der Waals surface area contributed by atoms with Crippen LogP contribution in [0.5, 0.6) is 5.75 Å². The summed E-state index contributed by atoms with van der Waals surface area (Å²) in [6, 6.07) is 16.2. The molecule has 2 aromatic rings. The number of anilines is 1. The third-order valence-corrected chi connectivity index (χ3v) is 4.11. The van der Waals surface area contributed by atoms with E-state index < -0.39 is 0 Å². The fourth-order valence-corrected chi connectivity index (χ4v) is 2.82. The van der Waals surface area contributed by atoms with Crippen molar-refractivity contribution >= 4 is 11.8 Å². The van der Waals surface area contributed by atoms with Crippen molar-refractivity contribution in [1.29, 1.82) is 0 Å². The zero-order chi connectivity index (χ0) is 16.9. The maximum atomic E-state index is 11.4. The Balaban J connectivity index is 1.50. The highest BCUT2D eigenvalue weighted by Gasteiger charge is 2.21. The Morgan fingerprint density at radius 2 is 2.00 bits per heavy atom. The zero-order valence-electron chi connectivity index (χ0n) is 14.0. The first kappa shape index (κ1) is 16.2. The predicted octanol–water partition coefficient (Wildman–Crippen LogP) is 3.30. The Morgan fingerprint density at radius 3 is 2.71 bits per heavy atom. The molecule has 2 aromatic carbocycles. The molecule has 0 spiro atoms. The van der Waals surface area contributed by atoms with Crippen molar-refractivity contribution in [1.82, 2.24) is 4.90 Å². The number of amides is 1. The van der Waals surface area contributed by atoms with E-state index >= 15 is 0 Å².